The normalized spacial score (nSPS) is 23.6. The molecule has 1 heterocycles. The molecule has 0 radical (unpaired) electrons. The second-order valence-corrected chi connectivity index (χ2v) is 7.53. The van der Waals surface area contributed by atoms with E-state index in [-0.39, 0.29) is 0 Å². The van der Waals surface area contributed by atoms with Crippen molar-refractivity contribution in [3.05, 3.63) is 29.8 Å². The number of hydrogen-bond donors (Lipinski definition) is 1. The third-order valence-corrected chi connectivity index (χ3v) is 5.83. The molecule has 2 heteroatoms. The molecule has 1 aromatic rings. The molecule has 1 nitrogen and oxygen atoms in total. The fourth-order valence-corrected chi connectivity index (χ4v) is 4.26. The molecule has 1 aliphatic heterocycles. The first kappa shape index (κ1) is 13.5. The first-order valence-electron chi connectivity index (χ1n) is 7.69. The summed E-state index contributed by atoms with van der Waals surface area (Å²) in [7, 11) is 0. The van der Waals surface area contributed by atoms with Gasteiger partial charge in [-0.2, -0.15) is 0 Å². The van der Waals surface area contributed by atoms with Crippen LogP contribution in [0.25, 0.3) is 0 Å². The maximum Gasteiger partial charge on any atom is 0.0107 e. The molecule has 19 heavy (non-hydrogen) atoms. The van der Waals surface area contributed by atoms with Gasteiger partial charge in [0.15, 0.2) is 0 Å². The van der Waals surface area contributed by atoms with E-state index in [0.717, 1.165) is 23.8 Å². The highest BCUT2D eigenvalue weighted by Crippen LogP contribution is 2.43. The maximum atomic E-state index is 3.73. The predicted octanol–water partition coefficient (Wildman–Crippen LogP) is 4.29. The van der Waals surface area contributed by atoms with Crippen LogP contribution in [0.5, 0.6) is 0 Å². The third-order valence-electron chi connectivity index (χ3n) is 4.57. The van der Waals surface area contributed by atoms with Crippen LogP contribution in [0.15, 0.2) is 29.2 Å². The summed E-state index contributed by atoms with van der Waals surface area (Å²) in [6, 6.07) is 9.83. The van der Waals surface area contributed by atoms with E-state index in [2.05, 4.69) is 43.4 Å². The Morgan fingerprint density at radius 2 is 2.05 bits per heavy atom. The van der Waals surface area contributed by atoms with E-state index in [1.54, 1.807) is 5.56 Å². The van der Waals surface area contributed by atoms with Crippen LogP contribution in [0.4, 0.5) is 0 Å². The summed E-state index contributed by atoms with van der Waals surface area (Å²) in [6.45, 7) is 5.98. The van der Waals surface area contributed by atoms with Crippen molar-refractivity contribution in [1.82, 2.24) is 5.32 Å². The zero-order valence-corrected chi connectivity index (χ0v) is 12.9. The molecule has 1 aliphatic carbocycles. The molecule has 2 aliphatic rings. The summed E-state index contributed by atoms with van der Waals surface area (Å²) in [5.41, 5.74) is 1.60. The van der Waals surface area contributed by atoms with Gasteiger partial charge < -0.3 is 5.32 Å². The van der Waals surface area contributed by atoms with E-state index in [9.17, 15) is 0 Å². The minimum atomic E-state index is 0.773. The van der Waals surface area contributed by atoms with Crippen LogP contribution < -0.4 is 5.32 Å². The van der Waals surface area contributed by atoms with Crippen LogP contribution in [0.2, 0.25) is 0 Å². The molecule has 0 amide bonds. The zero-order valence-electron chi connectivity index (χ0n) is 12.1. The summed E-state index contributed by atoms with van der Waals surface area (Å²) in [5.74, 6) is 3.65. The Kier molecular flexibility index (Phi) is 4.18. The average Bonchev–Trinajstić information content (AvgIpc) is 3.15. The van der Waals surface area contributed by atoms with Crippen LogP contribution in [-0.4, -0.2) is 18.3 Å². The Balaban J connectivity index is 1.62. The molecule has 2 atom stereocenters. The van der Waals surface area contributed by atoms with Crippen molar-refractivity contribution in [3.8, 4) is 0 Å². The van der Waals surface area contributed by atoms with Crippen molar-refractivity contribution < 1.29 is 0 Å². The molecule has 1 saturated carbocycles. The fraction of sp³-hybridized carbons (Fsp3) is 0.647. The summed E-state index contributed by atoms with van der Waals surface area (Å²) in [6.07, 6.45) is 4.14. The van der Waals surface area contributed by atoms with Gasteiger partial charge in [0.1, 0.15) is 0 Å². The van der Waals surface area contributed by atoms with Crippen molar-refractivity contribution in [3.63, 3.8) is 0 Å². The van der Waals surface area contributed by atoms with E-state index in [1.165, 1.54) is 36.5 Å². The molecular formula is C17H25NS. The summed E-state index contributed by atoms with van der Waals surface area (Å²) >= 11 is 2.05. The molecule has 1 aromatic carbocycles. The Bertz CT molecular complexity index is 425. The van der Waals surface area contributed by atoms with Crippen LogP contribution in [0, 0.1) is 11.8 Å². The van der Waals surface area contributed by atoms with Crippen molar-refractivity contribution in [1.29, 1.82) is 0 Å². The summed E-state index contributed by atoms with van der Waals surface area (Å²) < 4.78 is 0. The van der Waals surface area contributed by atoms with E-state index in [4.69, 9.17) is 0 Å². The van der Waals surface area contributed by atoms with E-state index >= 15 is 0 Å². The standard InChI is InChI=1S/C17H25NS/c1-12(2)13(10-18-15-7-8-15)9-14-11-19-17-6-4-3-5-16(14)17/h3-6,12-15,18H,7-11H2,1-2H3. The van der Waals surface area contributed by atoms with Gasteiger partial charge in [0.25, 0.3) is 0 Å². The van der Waals surface area contributed by atoms with Crippen molar-refractivity contribution >= 4 is 11.8 Å². The van der Waals surface area contributed by atoms with Gasteiger partial charge in [0.2, 0.25) is 0 Å². The second kappa shape index (κ2) is 5.88. The number of hydrogen-bond acceptors (Lipinski definition) is 2. The topological polar surface area (TPSA) is 12.0 Å². The van der Waals surface area contributed by atoms with Gasteiger partial charge >= 0.3 is 0 Å². The van der Waals surface area contributed by atoms with Crippen molar-refractivity contribution in [2.24, 2.45) is 11.8 Å². The Hall–Kier alpha value is -0.470. The minimum Gasteiger partial charge on any atom is -0.314 e. The molecule has 104 valence electrons. The molecular weight excluding hydrogens is 250 g/mol. The summed E-state index contributed by atoms with van der Waals surface area (Å²) in [4.78, 5) is 1.52. The predicted molar refractivity (Wildman–Crippen MR) is 83.9 cm³/mol. The smallest absolute Gasteiger partial charge is 0.0107 e. The number of benzene rings is 1. The Morgan fingerprint density at radius 1 is 1.26 bits per heavy atom. The zero-order chi connectivity index (χ0) is 13.2. The lowest BCUT2D eigenvalue weighted by molar-refractivity contribution is 0.323. The van der Waals surface area contributed by atoms with Gasteiger partial charge in [-0.1, -0.05) is 32.0 Å². The van der Waals surface area contributed by atoms with Gasteiger partial charge in [-0.15, -0.1) is 11.8 Å². The number of nitrogens with one attached hydrogen (secondary N) is 1. The van der Waals surface area contributed by atoms with Crippen molar-refractivity contribution in [2.45, 2.75) is 50.0 Å². The lowest BCUT2D eigenvalue weighted by Gasteiger charge is -2.25. The second-order valence-electron chi connectivity index (χ2n) is 6.47. The largest absolute Gasteiger partial charge is 0.314 e. The van der Waals surface area contributed by atoms with Gasteiger partial charge in [0.05, 0.1) is 0 Å². The highest BCUT2D eigenvalue weighted by atomic mass is 32.2. The van der Waals surface area contributed by atoms with Gasteiger partial charge in [-0.25, -0.2) is 0 Å². The number of thioether (sulfide) groups is 1. The van der Waals surface area contributed by atoms with Crippen molar-refractivity contribution in [2.75, 3.05) is 12.3 Å². The van der Waals surface area contributed by atoms with Crippen LogP contribution in [0.3, 0.4) is 0 Å². The molecule has 0 aromatic heterocycles. The molecule has 0 saturated heterocycles. The highest BCUT2D eigenvalue weighted by Gasteiger charge is 2.28. The SMILES string of the molecule is CC(C)C(CNC1CC1)CC1CSc2ccccc21. The Labute approximate surface area is 121 Å². The molecule has 3 rings (SSSR count). The molecule has 1 fully saturated rings. The molecule has 2 unspecified atom stereocenters. The van der Waals surface area contributed by atoms with Crippen LogP contribution in [0.1, 0.15) is 44.6 Å². The quantitative estimate of drug-likeness (QED) is 0.831. The van der Waals surface area contributed by atoms with Crippen LogP contribution >= 0.6 is 11.8 Å². The first-order chi connectivity index (χ1) is 9.24. The van der Waals surface area contributed by atoms with Gasteiger partial charge in [0, 0.05) is 16.7 Å². The third kappa shape index (κ3) is 3.35. The molecule has 1 N–H and O–H groups in total. The monoisotopic (exact) mass is 275 g/mol. The number of rotatable bonds is 6. The maximum absolute atomic E-state index is 3.73. The van der Waals surface area contributed by atoms with Crippen LogP contribution in [-0.2, 0) is 0 Å². The number of fused-ring (bicyclic) bond motifs is 1. The average molecular weight is 275 g/mol. The highest BCUT2D eigenvalue weighted by molar-refractivity contribution is 7.99. The summed E-state index contributed by atoms with van der Waals surface area (Å²) in [5, 5.41) is 3.73. The van der Waals surface area contributed by atoms with E-state index < -0.39 is 0 Å². The molecule has 0 bridgehead atoms. The minimum absolute atomic E-state index is 0.773. The first-order valence-corrected chi connectivity index (χ1v) is 8.67. The fourth-order valence-electron chi connectivity index (χ4n) is 2.99. The lowest BCUT2D eigenvalue weighted by Crippen LogP contribution is -2.29. The lowest BCUT2D eigenvalue weighted by atomic mass is 9.84. The molecule has 0 spiro atoms. The van der Waals surface area contributed by atoms with Gasteiger partial charge in [-0.05, 0) is 55.2 Å². The van der Waals surface area contributed by atoms with E-state index in [0.29, 0.717) is 0 Å². The Morgan fingerprint density at radius 3 is 2.79 bits per heavy atom. The van der Waals surface area contributed by atoms with Gasteiger partial charge in [-0.3, -0.25) is 0 Å². The van der Waals surface area contributed by atoms with E-state index in [1.807, 2.05) is 11.8 Å².